The normalized spacial score (nSPS) is 18.6. The molecule has 20 heavy (non-hydrogen) atoms. The Morgan fingerprint density at radius 1 is 1.25 bits per heavy atom. The number of hydrogen-bond acceptors (Lipinski definition) is 4. The van der Waals surface area contributed by atoms with E-state index in [-0.39, 0.29) is 0 Å². The van der Waals surface area contributed by atoms with E-state index < -0.39 is 0 Å². The average molecular weight is 324 g/mol. The monoisotopic (exact) mass is 323 g/mol. The molecule has 0 aromatic carbocycles. The van der Waals surface area contributed by atoms with Gasteiger partial charge in [-0.1, -0.05) is 18.6 Å². The van der Waals surface area contributed by atoms with Crippen LogP contribution in [0.1, 0.15) is 35.1 Å². The van der Waals surface area contributed by atoms with Crippen molar-refractivity contribution in [3.8, 4) is 0 Å². The topological polar surface area (TPSA) is 12.0 Å². The van der Waals surface area contributed by atoms with Gasteiger partial charge >= 0.3 is 0 Å². The standard InChI is InChI=1S/C16H21NS3/c1-18-16(7-4-8-16)12-17-14(15-6-3-10-20-15)11-13-5-2-9-19-13/h2-3,5-6,9-10,14,17H,4,7-8,11-12H2,1H3. The summed E-state index contributed by atoms with van der Waals surface area (Å²) in [5.74, 6) is 0. The molecule has 1 N–H and O–H groups in total. The predicted octanol–water partition coefficient (Wildman–Crippen LogP) is 4.97. The highest BCUT2D eigenvalue weighted by atomic mass is 32.2. The van der Waals surface area contributed by atoms with E-state index in [0.29, 0.717) is 10.8 Å². The van der Waals surface area contributed by atoms with Crippen LogP contribution in [-0.4, -0.2) is 17.5 Å². The Hall–Kier alpha value is -0.290. The summed E-state index contributed by atoms with van der Waals surface area (Å²) in [6, 6.07) is 9.30. The minimum Gasteiger partial charge on any atom is -0.308 e. The Balaban J connectivity index is 1.66. The van der Waals surface area contributed by atoms with Crippen molar-refractivity contribution in [3.05, 3.63) is 44.8 Å². The van der Waals surface area contributed by atoms with Crippen LogP contribution in [-0.2, 0) is 6.42 Å². The van der Waals surface area contributed by atoms with E-state index in [9.17, 15) is 0 Å². The second kappa shape index (κ2) is 6.65. The Labute approximate surface area is 133 Å². The third-order valence-corrected chi connectivity index (χ3v) is 7.54. The van der Waals surface area contributed by atoms with Crippen LogP contribution in [0.3, 0.4) is 0 Å². The molecule has 1 saturated carbocycles. The van der Waals surface area contributed by atoms with Gasteiger partial charge in [0.1, 0.15) is 0 Å². The van der Waals surface area contributed by atoms with E-state index in [1.807, 2.05) is 34.4 Å². The Kier molecular flexibility index (Phi) is 4.87. The number of rotatable bonds is 7. The second-order valence-corrected chi connectivity index (χ2v) is 8.76. The molecule has 2 aromatic rings. The maximum atomic E-state index is 3.85. The van der Waals surface area contributed by atoms with Crippen molar-refractivity contribution in [2.24, 2.45) is 0 Å². The van der Waals surface area contributed by atoms with Crippen molar-refractivity contribution in [1.29, 1.82) is 0 Å². The first kappa shape index (κ1) is 14.6. The molecular formula is C16H21NS3. The molecule has 1 nitrogen and oxygen atoms in total. The second-order valence-electron chi connectivity index (χ2n) is 5.47. The summed E-state index contributed by atoms with van der Waals surface area (Å²) in [4.78, 5) is 2.94. The minimum absolute atomic E-state index is 0.471. The molecule has 0 aliphatic heterocycles. The zero-order valence-corrected chi connectivity index (χ0v) is 14.3. The van der Waals surface area contributed by atoms with Gasteiger partial charge < -0.3 is 5.32 Å². The molecule has 1 fully saturated rings. The molecular weight excluding hydrogens is 302 g/mol. The highest BCUT2D eigenvalue weighted by Crippen LogP contribution is 2.42. The van der Waals surface area contributed by atoms with Gasteiger partial charge in [-0.3, -0.25) is 0 Å². The lowest BCUT2D eigenvalue weighted by Gasteiger charge is -2.41. The van der Waals surface area contributed by atoms with Crippen LogP contribution in [0.25, 0.3) is 0 Å². The van der Waals surface area contributed by atoms with Gasteiger partial charge in [0.05, 0.1) is 0 Å². The van der Waals surface area contributed by atoms with Gasteiger partial charge in [0, 0.05) is 33.5 Å². The zero-order chi connectivity index (χ0) is 13.8. The molecule has 0 spiro atoms. The molecule has 2 aromatic heterocycles. The summed E-state index contributed by atoms with van der Waals surface area (Å²) < 4.78 is 0.505. The molecule has 1 aliphatic rings. The number of thioether (sulfide) groups is 1. The van der Waals surface area contributed by atoms with Crippen molar-refractivity contribution < 1.29 is 0 Å². The van der Waals surface area contributed by atoms with Crippen LogP contribution >= 0.6 is 34.4 Å². The van der Waals surface area contributed by atoms with Gasteiger partial charge in [-0.15, -0.1) is 22.7 Å². The summed E-state index contributed by atoms with van der Waals surface area (Å²) >= 11 is 5.79. The Morgan fingerprint density at radius 3 is 2.60 bits per heavy atom. The van der Waals surface area contributed by atoms with Gasteiger partial charge in [-0.25, -0.2) is 0 Å². The van der Waals surface area contributed by atoms with Crippen LogP contribution in [0.2, 0.25) is 0 Å². The molecule has 0 radical (unpaired) electrons. The highest BCUT2D eigenvalue weighted by molar-refractivity contribution is 8.00. The fraction of sp³-hybridized carbons (Fsp3) is 0.500. The lowest BCUT2D eigenvalue weighted by atomic mass is 9.84. The molecule has 2 heterocycles. The maximum absolute atomic E-state index is 3.85. The zero-order valence-electron chi connectivity index (χ0n) is 11.8. The van der Waals surface area contributed by atoms with Crippen molar-refractivity contribution >= 4 is 34.4 Å². The van der Waals surface area contributed by atoms with Gasteiger partial charge in [0.25, 0.3) is 0 Å². The van der Waals surface area contributed by atoms with Crippen molar-refractivity contribution in [3.63, 3.8) is 0 Å². The van der Waals surface area contributed by atoms with Gasteiger partial charge in [0.2, 0.25) is 0 Å². The van der Waals surface area contributed by atoms with Crippen molar-refractivity contribution in [2.45, 2.75) is 36.5 Å². The van der Waals surface area contributed by atoms with Crippen LogP contribution in [0.5, 0.6) is 0 Å². The van der Waals surface area contributed by atoms with E-state index in [2.05, 4.69) is 46.6 Å². The SMILES string of the molecule is CSC1(CNC(Cc2cccs2)c2cccs2)CCC1. The molecule has 0 saturated heterocycles. The fourth-order valence-corrected chi connectivity index (χ4v) is 5.21. The van der Waals surface area contributed by atoms with E-state index in [0.717, 1.165) is 13.0 Å². The smallest absolute Gasteiger partial charge is 0.0464 e. The molecule has 0 amide bonds. The first-order valence-electron chi connectivity index (χ1n) is 7.16. The van der Waals surface area contributed by atoms with Crippen LogP contribution in [0.15, 0.2) is 35.0 Å². The summed E-state index contributed by atoms with van der Waals surface area (Å²) in [5.41, 5.74) is 0. The third kappa shape index (κ3) is 3.30. The third-order valence-electron chi connectivity index (χ3n) is 4.24. The number of nitrogens with one attached hydrogen (secondary N) is 1. The van der Waals surface area contributed by atoms with Crippen LogP contribution in [0, 0.1) is 0 Å². The molecule has 1 aliphatic carbocycles. The Bertz CT molecular complexity index is 494. The van der Waals surface area contributed by atoms with Crippen molar-refractivity contribution in [2.75, 3.05) is 12.8 Å². The molecule has 0 bridgehead atoms. The van der Waals surface area contributed by atoms with E-state index >= 15 is 0 Å². The van der Waals surface area contributed by atoms with E-state index in [4.69, 9.17) is 0 Å². The summed E-state index contributed by atoms with van der Waals surface area (Å²) in [7, 11) is 0. The molecule has 4 heteroatoms. The quantitative estimate of drug-likeness (QED) is 0.772. The van der Waals surface area contributed by atoms with Gasteiger partial charge in [0.15, 0.2) is 0 Å². The summed E-state index contributed by atoms with van der Waals surface area (Å²) in [6.45, 7) is 1.14. The fourth-order valence-electron chi connectivity index (χ4n) is 2.73. The van der Waals surface area contributed by atoms with Crippen LogP contribution in [0.4, 0.5) is 0 Å². The van der Waals surface area contributed by atoms with Crippen molar-refractivity contribution in [1.82, 2.24) is 5.32 Å². The average Bonchev–Trinajstić information content (AvgIpc) is 3.10. The molecule has 1 atom stereocenters. The lowest BCUT2D eigenvalue weighted by Crippen LogP contribution is -2.44. The predicted molar refractivity (Wildman–Crippen MR) is 93.2 cm³/mol. The highest BCUT2D eigenvalue weighted by Gasteiger charge is 2.36. The van der Waals surface area contributed by atoms with Gasteiger partial charge in [-0.2, -0.15) is 11.8 Å². The first-order chi connectivity index (χ1) is 9.81. The summed E-state index contributed by atoms with van der Waals surface area (Å²) in [6.07, 6.45) is 7.52. The summed E-state index contributed by atoms with van der Waals surface area (Å²) in [5, 5.41) is 8.21. The van der Waals surface area contributed by atoms with Gasteiger partial charge in [-0.05, 0) is 42.0 Å². The van der Waals surface area contributed by atoms with E-state index in [1.165, 1.54) is 29.0 Å². The minimum atomic E-state index is 0.471. The first-order valence-corrected chi connectivity index (χ1v) is 10.1. The maximum Gasteiger partial charge on any atom is 0.0464 e. The lowest BCUT2D eigenvalue weighted by molar-refractivity contribution is 0.331. The molecule has 1 unspecified atom stereocenters. The number of hydrogen-bond donors (Lipinski definition) is 1. The number of thiophene rings is 2. The van der Waals surface area contributed by atoms with E-state index in [1.54, 1.807) is 0 Å². The van der Waals surface area contributed by atoms with Crippen LogP contribution < -0.4 is 5.32 Å². The molecule has 108 valence electrons. The Morgan fingerprint density at radius 2 is 2.05 bits per heavy atom. The largest absolute Gasteiger partial charge is 0.308 e. The molecule has 3 rings (SSSR count).